The summed E-state index contributed by atoms with van der Waals surface area (Å²) in [6, 6.07) is 12.3. The number of carbonyl (C=O) groups excluding carboxylic acids is 1. The van der Waals surface area contributed by atoms with Crippen molar-refractivity contribution < 1.29 is 22.5 Å². The van der Waals surface area contributed by atoms with Crippen molar-refractivity contribution in [2.24, 2.45) is 0 Å². The van der Waals surface area contributed by atoms with Crippen molar-refractivity contribution in [1.29, 1.82) is 0 Å². The zero-order valence-electron chi connectivity index (χ0n) is 19.0. The number of nitrogens with zero attached hydrogens (tertiary/aromatic N) is 3. The number of esters is 1. The number of aryl methyl sites for hydroxylation is 1. The molecule has 0 aliphatic carbocycles. The van der Waals surface area contributed by atoms with Gasteiger partial charge in [-0.3, -0.25) is 0 Å². The van der Waals surface area contributed by atoms with Gasteiger partial charge in [-0.2, -0.15) is 9.29 Å². The first-order chi connectivity index (χ1) is 14.9. The van der Waals surface area contributed by atoms with Crippen LogP contribution >= 0.6 is 0 Å². The summed E-state index contributed by atoms with van der Waals surface area (Å²) in [5.41, 5.74) is 2.65. The van der Waals surface area contributed by atoms with E-state index in [1.54, 1.807) is 13.0 Å². The minimum Gasteiger partial charge on any atom is -0.465 e. The van der Waals surface area contributed by atoms with Gasteiger partial charge in [0.1, 0.15) is 0 Å². The van der Waals surface area contributed by atoms with Crippen molar-refractivity contribution in [3.63, 3.8) is 0 Å². The van der Waals surface area contributed by atoms with Crippen molar-refractivity contribution >= 4 is 16.0 Å². The van der Waals surface area contributed by atoms with E-state index in [0.717, 1.165) is 9.87 Å². The molecule has 0 atom stereocenters. The van der Waals surface area contributed by atoms with Crippen molar-refractivity contribution in [2.45, 2.75) is 44.6 Å². The molecule has 3 rings (SSSR count). The topological polar surface area (TPSA) is 103 Å². The minimum absolute atomic E-state index is 0.0143. The number of hydrogen-bond acceptors (Lipinski definition) is 7. The van der Waals surface area contributed by atoms with Crippen molar-refractivity contribution in [1.82, 2.24) is 14.4 Å². The summed E-state index contributed by atoms with van der Waals surface area (Å²) in [6.07, 6.45) is 0. The summed E-state index contributed by atoms with van der Waals surface area (Å²) < 4.78 is 37.3. The maximum atomic E-state index is 13.1. The summed E-state index contributed by atoms with van der Waals surface area (Å²) in [6.45, 7) is 7.94. The van der Waals surface area contributed by atoms with Gasteiger partial charge in [0.2, 0.25) is 21.7 Å². The van der Waals surface area contributed by atoms with Crippen molar-refractivity contribution in [3.8, 4) is 11.4 Å². The van der Waals surface area contributed by atoms with Gasteiger partial charge in [-0.15, -0.1) is 0 Å². The van der Waals surface area contributed by atoms with E-state index in [9.17, 15) is 13.2 Å². The van der Waals surface area contributed by atoms with Crippen LogP contribution in [0.25, 0.3) is 11.4 Å². The van der Waals surface area contributed by atoms with Gasteiger partial charge in [0.25, 0.3) is 0 Å². The van der Waals surface area contributed by atoms with Gasteiger partial charge in [0.15, 0.2) is 0 Å². The van der Waals surface area contributed by atoms with Crippen LogP contribution in [-0.4, -0.2) is 43.0 Å². The van der Waals surface area contributed by atoms with E-state index in [4.69, 9.17) is 4.52 Å². The van der Waals surface area contributed by atoms with Gasteiger partial charge >= 0.3 is 5.97 Å². The lowest BCUT2D eigenvalue weighted by molar-refractivity contribution is 0.0600. The van der Waals surface area contributed by atoms with E-state index in [0.29, 0.717) is 11.4 Å². The summed E-state index contributed by atoms with van der Waals surface area (Å²) in [4.78, 5) is 16.2. The molecule has 32 heavy (non-hydrogen) atoms. The standard InChI is InChI=1S/C23H27N3O5S/c1-15-7-8-17(22(27)30-6)13-19(15)32(28,29)26(5)14-20-24-21(25-31-20)16-9-11-18(12-10-16)23(2,3)4/h7-13H,14H2,1-6H3. The number of sulfonamides is 1. The number of hydrogen-bond donors (Lipinski definition) is 0. The lowest BCUT2D eigenvalue weighted by atomic mass is 9.87. The largest absolute Gasteiger partial charge is 0.465 e. The molecule has 8 nitrogen and oxygen atoms in total. The van der Waals surface area contributed by atoms with Crippen molar-refractivity contribution in [2.75, 3.05) is 14.2 Å². The molecule has 0 saturated heterocycles. The molecule has 0 aliphatic rings. The van der Waals surface area contributed by atoms with Crippen LogP contribution in [0.2, 0.25) is 0 Å². The monoisotopic (exact) mass is 457 g/mol. The van der Waals surface area contributed by atoms with Crippen LogP contribution in [0.5, 0.6) is 0 Å². The summed E-state index contributed by atoms with van der Waals surface area (Å²) in [5.74, 6) is -0.0639. The van der Waals surface area contributed by atoms with Crippen LogP contribution in [0.3, 0.4) is 0 Å². The molecule has 1 heterocycles. The molecule has 0 bridgehead atoms. The maximum Gasteiger partial charge on any atom is 0.337 e. The molecule has 9 heteroatoms. The van der Waals surface area contributed by atoms with Crippen LogP contribution in [0.4, 0.5) is 0 Å². The molecule has 1 aromatic heterocycles. The summed E-state index contributed by atoms with van der Waals surface area (Å²) in [5, 5.41) is 3.98. The highest BCUT2D eigenvalue weighted by Gasteiger charge is 2.26. The Labute approximate surface area is 188 Å². The third kappa shape index (κ3) is 4.89. The number of methoxy groups -OCH3 is 1. The fourth-order valence-electron chi connectivity index (χ4n) is 3.12. The first-order valence-corrected chi connectivity index (χ1v) is 11.5. The highest BCUT2D eigenvalue weighted by atomic mass is 32.2. The van der Waals surface area contributed by atoms with Crippen LogP contribution < -0.4 is 0 Å². The predicted molar refractivity (Wildman–Crippen MR) is 120 cm³/mol. The van der Waals surface area contributed by atoms with Gasteiger partial charge in [-0.25, -0.2) is 13.2 Å². The minimum atomic E-state index is -3.91. The molecule has 2 aromatic carbocycles. The molecule has 0 amide bonds. The second-order valence-electron chi connectivity index (χ2n) is 8.57. The van der Waals surface area contributed by atoms with Crippen LogP contribution in [0.1, 0.15) is 48.1 Å². The Morgan fingerprint density at radius 3 is 2.38 bits per heavy atom. The molecule has 170 valence electrons. The van der Waals surface area contributed by atoms with Gasteiger partial charge in [-0.05, 0) is 35.6 Å². The summed E-state index contributed by atoms with van der Waals surface area (Å²) >= 11 is 0. The van der Waals surface area contributed by atoms with Gasteiger partial charge < -0.3 is 9.26 Å². The number of ether oxygens (including phenoxy) is 1. The molecule has 0 fully saturated rings. The Balaban J connectivity index is 1.81. The fourth-order valence-corrected chi connectivity index (χ4v) is 4.49. The second-order valence-corrected chi connectivity index (χ2v) is 10.6. The lowest BCUT2D eigenvalue weighted by Crippen LogP contribution is -2.27. The number of aromatic nitrogens is 2. The Morgan fingerprint density at radius 1 is 1.12 bits per heavy atom. The Bertz CT molecular complexity index is 1230. The van der Waals surface area contributed by atoms with Gasteiger partial charge in [0.05, 0.1) is 24.1 Å². The lowest BCUT2D eigenvalue weighted by Gasteiger charge is -2.18. The van der Waals surface area contributed by atoms with Crippen molar-refractivity contribution in [3.05, 3.63) is 65.0 Å². The van der Waals surface area contributed by atoms with Gasteiger partial charge in [0, 0.05) is 12.6 Å². The first kappa shape index (κ1) is 23.6. The number of carbonyl (C=O) groups is 1. The van der Waals surface area contributed by atoms with E-state index in [1.807, 2.05) is 24.3 Å². The third-order valence-electron chi connectivity index (χ3n) is 5.13. The Hall–Kier alpha value is -3.04. The first-order valence-electron chi connectivity index (χ1n) is 10.0. The second kappa shape index (κ2) is 8.84. The predicted octanol–water partition coefficient (Wildman–Crippen LogP) is 3.95. The van der Waals surface area contributed by atoms with E-state index in [2.05, 4.69) is 35.6 Å². The van der Waals surface area contributed by atoms with Crippen LogP contribution in [-0.2, 0) is 26.7 Å². The fraction of sp³-hybridized carbons (Fsp3) is 0.348. The molecule has 3 aromatic rings. The van der Waals surface area contributed by atoms with E-state index in [-0.39, 0.29) is 28.3 Å². The molecule has 0 N–H and O–H groups in total. The Morgan fingerprint density at radius 2 is 1.78 bits per heavy atom. The van der Waals surface area contributed by atoms with Crippen LogP contribution in [0.15, 0.2) is 51.9 Å². The summed E-state index contributed by atoms with van der Waals surface area (Å²) in [7, 11) is -1.25. The highest BCUT2D eigenvalue weighted by molar-refractivity contribution is 7.89. The maximum absolute atomic E-state index is 13.1. The Kier molecular flexibility index (Phi) is 6.52. The highest BCUT2D eigenvalue weighted by Crippen LogP contribution is 2.26. The zero-order chi connectivity index (χ0) is 23.7. The van der Waals surface area contributed by atoms with E-state index < -0.39 is 16.0 Å². The molecule has 0 aliphatic heterocycles. The molecule has 0 unspecified atom stereocenters. The van der Waals surface area contributed by atoms with Crippen LogP contribution in [0, 0.1) is 6.92 Å². The smallest absolute Gasteiger partial charge is 0.337 e. The average molecular weight is 458 g/mol. The molecular formula is C23H27N3O5S. The number of benzene rings is 2. The number of rotatable bonds is 6. The SMILES string of the molecule is COC(=O)c1ccc(C)c(S(=O)(=O)N(C)Cc2nc(-c3ccc(C(C)(C)C)cc3)no2)c1. The molecular weight excluding hydrogens is 430 g/mol. The molecule has 0 radical (unpaired) electrons. The third-order valence-corrected chi connectivity index (χ3v) is 7.08. The normalized spacial score (nSPS) is 12.2. The molecule has 0 saturated carbocycles. The average Bonchev–Trinajstić information content (AvgIpc) is 3.21. The van der Waals surface area contributed by atoms with Gasteiger partial charge in [-0.1, -0.05) is 56.3 Å². The quantitative estimate of drug-likeness (QED) is 0.516. The zero-order valence-corrected chi connectivity index (χ0v) is 19.9. The van der Waals surface area contributed by atoms with E-state index in [1.165, 1.54) is 31.9 Å². The molecule has 0 spiro atoms. The van der Waals surface area contributed by atoms with E-state index >= 15 is 0 Å².